The number of benzene rings is 1. The van der Waals surface area contributed by atoms with Crippen molar-refractivity contribution in [1.29, 1.82) is 0 Å². The lowest BCUT2D eigenvalue weighted by Gasteiger charge is -2.34. The number of carbonyl (C=O) groups excluding carboxylic acids is 1. The van der Waals surface area contributed by atoms with Crippen LogP contribution in [0.1, 0.15) is 48.7 Å². The summed E-state index contributed by atoms with van der Waals surface area (Å²) >= 11 is 1.39. The molecule has 0 radical (unpaired) electrons. The minimum absolute atomic E-state index is 0.160. The van der Waals surface area contributed by atoms with E-state index >= 15 is 0 Å². The van der Waals surface area contributed by atoms with Gasteiger partial charge in [-0.1, -0.05) is 13.8 Å². The van der Waals surface area contributed by atoms with Crippen LogP contribution < -0.4 is 21.7 Å². The Labute approximate surface area is 192 Å². The number of aryl methyl sites for hydroxylation is 1. The van der Waals surface area contributed by atoms with E-state index in [1.165, 1.54) is 11.3 Å². The number of rotatable bonds is 6. The predicted octanol–water partition coefficient (Wildman–Crippen LogP) is 3.68. The number of anilines is 3. The van der Waals surface area contributed by atoms with Crippen molar-refractivity contribution in [2.45, 2.75) is 32.6 Å². The van der Waals surface area contributed by atoms with Crippen LogP contribution in [0.3, 0.4) is 0 Å². The van der Waals surface area contributed by atoms with Gasteiger partial charge >= 0.3 is 0 Å². The number of hydrogen-bond acceptors (Lipinski definition) is 7. The van der Waals surface area contributed by atoms with Crippen LogP contribution in [-0.2, 0) is 7.05 Å². The van der Waals surface area contributed by atoms with Gasteiger partial charge in [0.15, 0.2) is 0 Å². The van der Waals surface area contributed by atoms with Crippen LogP contribution >= 0.6 is 11.3 Å². The Balaban J connectivity index is 1.76. The van der Waals surface area contributed by atoms with Gasteiger partial charge in [-0.2, -0.15) is 5.10 Å². The average molecular weight is 454 g/mol. The summed E-state index contributed by atoms with van der Waals surface area (Å²) in [5, 5.41) is 9.36. The molecule has 0 saturated carbocycles. The molecule has 2 aromatic heterocycles. The molecular formula is C23H31N7OS. The first kappa shape index (κ1) is 22.3. The highest BCUT2D eigenvalue weighted by molar-refractivity contribution is 7.07. The second-order valence-corrected chi connectivity index (χ2v) is 9.40. The molecule has 0 unspecified atom stereocenters. The van der Waals surface area contributed by atoms with Gasteiger partial charge in [-0.05, 0) is 54.5 Å². The minimum atomic E-state index is -0.236. The van der Waals surface area contributed by atoms with Crippen LogP contribution in [0.2, 0.25) is 0 Å². The van der Waals surface area contributed by atoms with Gasteiger partial charge in [0, 0.05) is 42.5 Å². The van der Waals surface area contributed by atoms with E-state index in [0.717, 1.165) is 55.0 Å². The molecule has 1 aliphatic heterocycles. The van der Waals surface area contributed by atoms with Crippen LogP contribution in [0.25, 0.3) is 11.1 Å². The summed E-state index contributed by atoms with van der Waals surface area (Å²) in [6, 6.07) is 3.81. The van der Waals surface area contributed by atoms with Crippen molar-refractivity contribution in [3.63, 3.8) is 0 Å². The molecule has 0 atom stereocenters. The van der Waals surface area contributed by atoms with Crippen molar-refractivity contribution >= 4 is 34.4 Å². The number of amides is 1. The second kappa shape index (κ2) is 9.30. The predicted molar refractivity (Wildman–Crippen MR) is 131 cm³/mol. The zero-order valence-electron chi connectivity index (χ0n) is 18.8. The molecule has 9 heteroatoms. The third-order valence-electron chi connectivity index (χ3n) is 6.14. The average Bonchev–Trinajstić information content (AvgIpc) is 3.43. The fraction of sp³-hybridized carbons (Fsp3) is 0.435. The molecule has 0 aliphatic carbocycles. The normalized spacial score (nSPS) is 14.8. The molecule has 3 heterocycles. The minimum Gasteiger partial charge on any atom is -0.399 e. The van der Waals surface area contributed by atoms with Gasteiger partial charge in [-0.25, -0.2) is 4.98 Å². The first-order chi connectivity index (χ1) is 15.4. The molecule has 32 heavy (non-hydrogen) atoms. The number of nitrogens with two attached hydrogens (primary N) is 2. The summed E-state index contributed by atoms with van der Waals surface area (Å²) in [5.74, 6) is 1.58. The van der Waals surface area contributed by atoms with Crippen molar-refractivity contribution < 1.29 is 4.79 Å². The van der Waals surface area contributed by atoms with Gasteiger partial charge < -0.3 is 21.7 Å². The highest BCUT2D eigenvalue weighted by atomic mass is 32.1. The summed E-state index contributed by atoms with van der Waals surface area (Å²) in [7, 11) is 1.97. The molecule has 1 amide bonds. The molecule has 0 spiro atoms. The topological polar surface area (TPSA) is 115 Å². The number of nitrogens with one attached hydrogen (secondary N) is 1. The van der Waals surface area contributed by atoms with E-state index in [-0.39, 0.29) is 11.8 Å². The van der Waals surface area contributed by atoms with Gasteiger partial charge in [0.05, 0.1) is 11.7 Å². The Morgan fingerprint density at radius 3 is 2.66 bits per heavy atom. The molecule has 1 aromatic carbocycles. The van der Waals surface area contributed by atoms with E-state index < -0.39 is 0 Å². The van der Waals surface area contributed by atoms with E-state index in [2.05, 4.69) is 34.1 Å². The second-order valence-electron chi connectivity index (χ2n) is 8.68. The number of thiazole rings is 1. The molecule has 4 rings (SSSR count). The number of piperidine rings is 1. The van der Waals surface area contributed by atoms with Crippen molar-refractivity contribution in [2.24, 2.45) is 18.7 Å². The summed E-state index contributed by atoms with van der Waals surface area (Å²) in [6.45, 7) is 6.87. The fourth-order valence-corrected chi connectivity index (χ4v) is 5.04. The maximum atomic E-state index is 12.7. The molecule has 1 fully saturated rings. The molecule has 0 bridgehead atoms. The molecule has 3 aromatic rings. The number of nitrogen functional groups attached to an aromatic ring is 1. The molecular weight excluding hydrogens is 422 g/mol. The Morgan fingerprint density at radius 1 is 1.28 bits per heavy atom. The highest BCUT2D eigenvalue weighted by Gasteiger charge is 2.26. The van der Waals surface area contributed by atoms with Gasteiger partial charge in [-0.3, -0.25) is 9.48 Å². The van der Waals surface area contributed by atoms with E-state index in [9.17, 15) is 4.79 Å². The molecule has 170 valence electrons. The molecule has 5 N–H and O–H groups in total. The Kier molecular flexibility index (Phi) is 6.48. The van der Waals surface area contributed by atoms with Crippen molar-refractivity contribution in [3.8, 4) is 11.1 Å². The third-order valence-corrected chi connectivity index (χ3v) is 6.72. The summed E-state index contributed by atoms with van der Waals surface area (Å²) in [4.78, 5) is 19.3. The van der Waals surface area contributed by atoms with Gasteiger partial charge in [-0.15, -0.1) is 11.3 Å². The van der Waals surface area contributed by atoms with E-state index in [4.69, 9.17) is 11.5 Å². The largest absolute Gasteiger partial charge is 0.399 e. The number of aromatic nitrogens is 3. The van der Waals surface area contributed by atoms with Crippen molar-refractivity contribution in [1.82, 2.24) is 14.8 Å². The highest BCUT2D eigenvalue weighted by Crippen LogP contribution is 2.41. The maximum Gasteiger partial charge on any atom is 0.275 e. The zero-order valence-corrected chi connectivity index (χ0v) is 19.7. The zero-order chi connectivity index (χ0) is 22.8. The first-order valence-corrected chi connectivity index (χ1v) is 11.9. The summed E-state index contributed by atoms with van der Waals surface area (Å²) in [6.07, 6.45) is 4.05. The Hall–Kier alpha value is -2.91. The first-order valence-electron chi connectivity index (χ1n) is 11.0. The van der Waals surface area contributed by atoms with E-state index in [1.54, 1.807) is 10.9 Å². The third kappa shape index (κ3) is 4.35. The van der Waals surface area contributed by atoms with Crippen LogP contribution in [-0.4, -0.2) is 40.3 Å². The number of hydrogen-bond donors (Lipinski definition) is 3. The quantitative estimate of drug-likeness (QED) is 0.491. The Bertz CT molecular complexity index is 1080. The van der Waals surface area contributed by atoms with E-state index in [1.807, 2.05) is 30.1 Å². The molecule has 1 saturated heterocycles. The molecule has 1 aliphatic rings. The lowest BCUT2D eigenvalue weighted by molar-refractivity contribution is 0.102. The van der Waals surface area contributed by atoms with Crippen molar-refractivity contribution in [2.75, 3.05) is 35.6 Å². The van der Waals surface area contributed by atoms with Gasteiger partial charge in [0.25, 0.3) is 5.91 Å². The lowest BCUT2D eigenvalue weighted by atomic mass is 9.90. The van der Waals surface area contributed by atoms with E-state index in [0.29, 0.717) is 23.0 Å². The van der Waals surface area contributed by atoms with Crippen LogP contribution in [0.5, 0.6) is 0 Å². The Morgan fingerprint density at radius 2 is 2.03 bits per heavy atom. The van der Waals surface area contributed by atoms with Gasteiger partial charge in [0.2, 0.25) is 0 Å². The summed E-state index contributed by atoms with van der Waals surface area (Å²) in [5.41, 5.74) is 18.6. The lowest BCUT2D eigenvalue weighted by Crippen LogP contribution is -2.37. The monoisotopic (exact) mass is 453 g/mol. The smallest absolute Gasteiger partial charge is 0.275 e. The van der Waals surface area contributed by atoms with Gasteiger partial charge in [0.1, 0.15) is 11.5 Å². The number of nitrogens with zero attached hydrogens (tertiary/aromatic N) is 4. The van der Waals surface area contributed by atoms with Crippen molar-refractivity contribution in [3.05, 3.63) is 40.5 Å². The maximum absolute atomic E-state index is 12.7. The fourth-order valence-electron chi connectivity index (χ4n) is 4.51. The van der Waals surface area contributed by atoms with Crippen LogP contribution in [0.4, 0.5) is 17.2 Å². The van der Waals surface area contributed by atoms with Crippen LogP contribution in [0, 0.1) is 5.92 Å². The van der Waals surface area contributed by atoms with Crippen LogP contribution in [0.15, 0.2) is 29.2 Å². The number of carbonyl (C=O) groups is 1. The SMILES string of the molecule is CC(C)c1c(NC(=O)c2cscn2)cc(N)cc1-c1cnn(C)c1N1CCC(CN)CC1. The summed E-state index contributed by atoms with van der Waals surface area (Å²) < 4.78 is 1.93. The standard InChI is InChI=1S/C23H31N7OS/c1-14(2)21-17(8-16(25)9-19(21)28-22(31)20-12-32-13-26-20)18-11-27-29(3)23(18)30-6-4-15(10-24)5-7-30/h8-9,11-15H,4-7,10,24-25H2,1-3H3,(H,28,31). The molecule has 8 nitrogen and oxygen atoms in total.